The van der Waals surface area contributed by atoms with E-state index in [4.69, 9.17) is 5.73 Å². The van der Waals surface area contributed by atoms with Crippen molar-refractivity contribution in [1.29, 1.82) is 0 Å². The summed E-state index contributed by atoms with van der Waals surface area (Å²) in [5, 5.41) is 0.791. The Morgan fingerprint density at radius 3 is 2.55 bits per heavy atom. The highest BCUT2D eigenvalue weighted by Crippen LogP contribution is 2.35. The molecule has 0 aromatic heterocycles. The minimum Gasteiger partial charge on any atom is -0.361 e. The summed E-state index contributed by atoms with van der Waals surface area (Å²) in [7, 11) is -0.739. The zero-order chi connectivity index (χ0) is 14.1. The van der Waals surface area contributed by atoms with Crippen LogP contribution in [-0.4, -0.2) is 11.8 Å². The topological polar surface area (TPSA) is 84.5 Å². The molecule has 3 N–H and O–H groups in total. The third-order valence-electron chi connectivity index (χ3n) is 2.83. The number of rotatable bonds is 1. The Balaban J connectivity index is 2.28. The molecule has 1 heterocycles. The maximum Gasteiger partial charge on any atom is 0.318 e. The molecule has 0 radical (unpaired) electrons. The van der Waals surface area contributed by atoms with E-state index in [1.54, 1.807) is 0 Å². The van der Waals surface area contributed by atoms with E-state index >= 15 is 0 Å². The Bertz CT molecular complexity index is 845. The SMILES string of the molecule is NC(=O)C(=O)NS1=c2ccccc2=Nc2ccccc21. The van der Waals surface area contributed by atoms with Gasteiger partial charge in [0.05, 0.1) is 11.0 Å². The molecule has 2 amide bonds. The van der Waals surface area contributed by atoms with Crippen molar-refractivity contribution in [3.63, 3.8) is 0 Å². The van der Waals surface area contributed by atoms with Gasteiger partial charge in [-0.2, -0.15) is 0 Å². The summed E-state index contributed by atoms with van der Waals surface area (Å²) in [4.78, 5) is 28.0. The second-order valence-corrected chi connectivity index (χ2v) is 5.85. The average molecular weight is 285 g/mol. The molecule has 0 fully saturated rings. The second-order valence-electron chi connectivity index (χ2n) is 4.15. The number of hydrogen-bond donors (Lipinski definition) is 2. The van der Waals surface area contributed by atoms with Gasteiger partial charge in [0.15, 0.2) is 0 Å². The van der Waals surface area contributed by atoms with Crippen LogP contribution in [0.3, 0.4) is 0 Å². The number of benzene rings is 2. The number of amides is 2. The van der Waals surface area contributed by atoms with Crippen LogP contribution in [-0.2, 0) is 9.59 Å². The molecule has 2 aromatic rings. The third kappa shape index (κ3) is 2.10. The number of carbonyl (C=O) groups is 2. The van der Waals surface area contributed by atoms with E-state index in [0.717, 1.165) is 20.5 Å². The van der Waals surface area contributed by atoms with Gasteiger partial charge >= 0.3 is 11.8 Å². The Kier molecular flexibility index (Phi) is 3.08. The molecular formula is C14H11N3O2S. The van der Waals surface area contributed by atoms with Gasteiger partial charge in [0.1, 0.15) is 0 Å². The summed E-state index contributed by atoms with van der Waals surface area (Å²) in [5.41, 5.74) is 5.81. The number of hydrogen-bond acceptors (Lipinski definition) is 3. The fourth-order valence-corrected chi connectivity index (χ4v) is 3.76. The minimum absolute atomic E-state index is 0.739. The Morgan fingerprint density at radius 2 is 1.75 bits per heavy atom. The summed E-state index contributed by atoms with van der Waals surface area (Å²) in [6.07, 6.45) is 0. The number of carbonyl (C=O) groups excluding carboxylic acids is 2. The highest BCUT2D eigenvalue weighted by molar-refractivity contribution is 8.08. The van der Waals surface area contributed by atoms with Gasteiger partial charge in [0.2, 0.25) is 0 Å². The number of nitrogens with zero attached hydrogens (tertiary/aromatic N) is 1. The van der Waals surface area contributed by atoms with Gasteiger partial charge < -0.3 is 5.73 Å². The minimum atomic E-state index is -0.991. The van der Waals surface area contributed by atoms with Crippen LogP contribution in [0.15, 0.2) is 58.4 Å². The van der Waals surface area contributed by atoms with Crippen molar-refractivity contribution >= 4 is 28.2 Å². The highest BCUT2D eigenvalue weighted by atomic mass is 32.2. The summed E-state index contributed by atoms with van der Waals surface area (Å²) in [5.74, 6) is -1.78. The Hall–Kier alpha value is -2.47. The van der Waals surface area contributed by atoms with Crippen LogP contribution >= 0.6 is 10.7 Å². The zero-order valence-electron chi connectivity index (χ0n) is 10.4. The van der Waals surface area contributed by atoms with Crippen LogP contribution in [0.1, 0.15) is 0 Å². The van der Waals surface area contributed by atoms with Crippen LogP contribution in [0, 0.1) is 4.51 Å². The van der Waals surface area contributed by atoms with E-state index in [1.165, 1.54) is 0 Å². The first-order valence-electron chi connectivity index (χ1n) is 5.91. The van der Waals surface area contributed by atoms with Gasteiger partial charge in [-0.1, -0.05) is 24.3 Å². The van der Waals surface area contributed by atoms with E-state index in [9.17, 15) is 9.59 Å². The van der Waals surface area contributed by atoms with Crippen molar-refractivity contribution < 1.29 is 9.59 Å². The molecule has 5 nitrogen and oxygen atoms in total. The highest BCUT2D eigenvalue weighted by Gasteiger charge is 2.16. The molecule has 1 aliphatic heterocycles. The maximum atomic E-state index is 11.6. The molecule has 2 aromatic carbocycles. The van der Waals surface area contributed by atoms with Crippen LogP contribution < -0.4 is 15.8 Å². The lowest BCUT2D eigenvalue weighted by molar-refractivity contribution is -0.136. The lowest BCUT2D eigenvalue weighted by Crippen LogP contribution is -2.33. The van der Waals surface area contributed by atoms with Gasteiger partial charge in [-0.05, 0) is 34.9 Å². The van der Waals surface area contributed by atoms with Crippen LogP contribution in [0.5, 0.6) is 0 Å². The summed E-state index contributed by atoms with van der Waals surface area (Å²) in [6, 6.07) is 15.0. The smallest absolute Gasteiger partial charge is 0.318 e. The van der Waals surface area contributed by atoms with E-state index in [0.29, 0.717) is 0 Å². The maximum absolute atomic E-state index is 11.6. The first-order chi connectivity index (χ1) is 9.66. The standard InChI is InChI=1S/C14H11N3O2S/c15-13(18)14(19)17-20-11-7-3-1-5-9(11)16-10-6-2-4-8-12(10)20/h1-8H,(H2,15,18)(H,17,19). The van der Waals surface area contributed by atoms with Crippen molar-refractivity contribution in [2.75, 3.05) is 0 Å². The molecule has 0 saturated carbocycles. The van der Waals surface area contributed by atoms with Crippen LogP contribution in [0.25, 0.3) is 0 Å². The molecule has 0 saturated heterocycles. The fourth-order valence-electron chi connectivity index (χ4n) is 1.95. The number of para-hydroxylation sites is 2. The first-order valence-corrected chi connectivity index (χ1v) is 7.14. The second kappa shape index (κ2) is 4.90. The number of nitrogens with one attached hydrogen (secondary N) is 1. The monoisotopic (exact) mass is 285 g/mol. The molecule has 20 heavy (non-hydrogen) atoms. The van der Waals surface area contributed by atoms with Gasteiger partial charge in [-0.3, -0.25) is 14.3 Å². The van der Waals surface area contributed by atoms with Crippen LogP contribution in [0.2, 0.25) is 0 Å². The zero-order valence-corrected chi connectivity index (χ0v) is 11.2. The number of fused-ring (bicyclic) bond motifs is 2. The molecular weight excluding hydrogens is 274 g/mol. The van der Waals surface area contributed by atoms with Crippen molar-refractivity contribution in [2.45, 2.75) is 4.90 Å². The van der Waals surface area contributed by atoms with Crippen molar-refractivity contribution in [2.24, 2.45) is 10.7 Å². The average Bonchev–Trinajstić information content (AvgIpc) is 2.46. The molecule has 0 spiro atoms. The lowest BCUT2D eigenvalue weighted by Gasteiger charge is -2.16. The van der Waals surface area contributed by atoms with Gasteiger partial charge in [-0.25, -0.2) is 4.99 Å². The Morgan fingerprint density at radius 1 is 1.05 bits per heavy atom. The fraction of sp³-hybridized carbons (Fsp3) is 0. The normalized spacial score (nSPS) is 15.5. The lowest BCUT2D eigenvalue weighted by atomic mass is 10.3. The predicted octanol–water partition coefficient (Wildman–Crippen LogP) is 1.05. The molecule has 0 bridgehead atoms. The molecule has 0 aliphatic carbocycles. The largest absolute Gasteiger partial charge is 0.361 e. The van der Waals surface area contributed by atoms with Gasteiger partial charge in [0, 0.05) is 9.41 Å². The van der Waals surface area contributed by atoms with Crippen LogP contribution in [0.4, 0.5) is 5.69 Å². The van der Waals surface area contributed by atoms with E-state index < -0.39 is 22.5 Å². The van der Waals surface area contributed by atoms with Crippen molar-refractivity contribution in [3.05, 3.63) is 58.4 Å². The number of nitrogens with two attached hydrogens (primary N) is 1. The Labute approximate surface area is 117 Å². The first kappa shape index (κ1) is 12.6. The molecule has 100 valence electrons. The summed E-state index contributed by atoms with van der Waals surface area (Å²) < 4.78 is 3.56. The molecule has 1 unspecified atom stereocenters. The molecule has 1 aliphatic rings. The summed E-state index contributed by atoms with van der Waals surface area (Å²) >= 11 is 0. The molecule has 6 heteroatoms. The van der Waals surface area contributed by atoms with E-state index in [1.807, 2.05) is 48.5 Å². The van der Waals surface area contributed by atoms with E-state index in [2.05, 4.69) is 9.71 Å². The quantitative estimate of drug-likeness (QED) is 0.606. The summed E-state index contributed by atoms with van der Waals surface area (Å²) in [6.45, 7) is 0. The van der Waals surface area contributed by atoms with Gasteiger partial charge in [0.25, 0.3) is 0 Å². The third-order valence-corrected chi connectivity index (χ3v) is 4.79. The van der Waals surface area contributed by atoms with Crippen molar-refractivity contribution in [3.8, 4) is 0 Å². The van der Waals surface area contributed by atoms with Crippen molar-refractivity contribution in [1.82, 2.24) is 4.72 Å². The number of primary amides is 1. The molecule has 3 rings (SSSR count). The van der Waals surface area contributed by atoms with E-state index in [-0.39, 0.29) is 0 Å². The molecule has 1 atom stereocenters. The van der Waals surface area contributed by atoms with Gasteiger partial charge in [-0.15, -0.1) is 0 Å². The predicted molar refractivity (Wildman–Crippen MR) is 75.7 cm³/mol.